The van der Waals surface area contributed by atoms with Crippen LogP contribution in [0.5, 0.6) is 0 Å². The summed E-state index contributed by atoms with van der Waals surface area (Å²) in [5.74, 6) is -0.186. The fourth-order valence-electron chi connectivity index (χ4n) is 2.31. The van der Waals surface area contributed by atoms with Gasteiger partial charge in [-0.1, -0.05) is 18.2 Å². The molecule has 2 aliphatic heterocycles. The average molecular weight is 243 g/mol. The molecule has 2 aliphatic rings. The molecular weight excluding hydrogens is 230 g/mol. The highest BCUT2D eigenvalue weighted by molar-refractivity contribution is 6.12. The Morgan fingerprint density at radius 1 is 1.33 bits per heavy atom. The quantitative estimate of drug-likeness (QED) is 0.798. The van der Waals surface area contributed by atoms with Crippen LogP contribution in [0.2, 0.25) is 0 Å². The Balaban J connectivity index is 1.90. The SMILES string of the molecule is O=C1N/C(=C\C(=O)C2CCOC2)c2ccccc21. The van der Waals surface area contributed by atoms with Crippen molar-refractivity contribution in [2.24, 2.45) is 5.92 Å². The van der Waals surface area contributed by atoms with Crippen molar-refractivity contribution in [3.05, 3.63) is 41.5 Å². The number of ether oxygens (including phenoxy) is 1. The van der Waals surface area contributed by atoms with Crippen molar-refractivity contribution < 1.29 is 14.3 Å². The Kier molecular flexibility index (Phi) is 2.72. The summed E-state index contributed by atoms with van der Waals surface area (Å²) in [6.45, 7) is 1.13. The molecule has 2 heterocycles. The van der Waals surface area contributed by atoms with Crippen molar-refractivity contribution in [3.8, 4) is 0 Å². The molecule has 1 aromatic carbocycles. The lowest BCUT2D eigenvalue weighted by Gasteiger charge is -2.04. The molecule has 1 amide bonds. The summed E-state index contributed by atoms with van der Waals surface area (Å²) in [4.78, 5) is 23.7. The summed E-state index contributed by atoms with van der Waals surface area (Å²) >= 11 is 0. The normalized spacial score (nSPS) is 24.1. The van der Waals surface area contributed by atoms with E-state index in [0.29, 0.717) is 24.5 Å². The van der Waals surface area contributed by atoms with E-state index >= 15 is 0 Å². The minimum atomic E-state index is -0.146. The number of hydrogen-bond donors (Lipinski definition) is 1. The largest absolute Gasteiger partial charge is 0.381 e. The van der Waals surface area contributed by atoms with Gasteiger partial charge in [0.2, 0.25) is 0 Å². The lowest BCUT2D eigenvalue weighted by atomic mass is 10.0. The van der Waals surface area contributed by atoms with Crippen LogP contribution in [0.3, 0.4) is 0 Å². The summed E-state index contributed by atoms with van der Waals surface area (Å²) in [6.07, 6.45) is 2.29. The van der Waals surface area contributed by atoms with Gasteiger partial charge in [0, 0.05) is 29.7 Å². The van der Waals surface area contributed by atoms with Crippen LogP contribution in [0.1, 0.15) is 22.3 Å². The molecular formula is C14H13NO3. The van der Waals surface area contributed by atoms with Gasteiger partial charge >= 0.3 is 0 Å². The molecule has 1 N–H and O–H groups in total. The number of fused-ring (bicyclic) bond motifs is 1. The number of rotatable bonds is 2. The van der Waals surface area contributed by atoms with Crippen LogP contribution in [0.25, 0.3) is 5.70 Å². The zero-order chi connectivity index (χ0) is 12.5. The molecule has 18 heavy (non-hydrogen) atoms. The molecule has 92 valence electrons. The zero-order valence-corrected chi connectivity index (χ0v) is 9.81. The molecule has 0 radical (unpaired) electrons. The molecule has 1 saturated heterocycles. The van der Waals surface area contributed by atoms with Crippen molar-refractivity contribution in [3.63, 3.8) is 0 Å². The second-order valence-electron chi connectivity index (χ2n) is 4.52. The van der Waals surface area contributed by atoms with Gasteiger partial charge in [0.05, 0.1) is 12.3 Å². The number of allylic oxidation sites excluding steroid dienone is 1. The number of amides is 1. The van der Waals surface area contributed by atoms with E-state index in [1.807, 2.05) is 18.2 Å². The van der Waals surface area contributed by atoms with Gasteiger partial charge in [-0.05, 0) is 12.5 Å². The van der Waals surface area contributed by atoms with Crippen molar-refractivity contribution in [2.75, 3.05) is 13.2 Å². The van der Waals surface area contributed by atoms with Gasteiger partial charge in [0.15, 0.2) is 5.78 Å². The molecule has 0 aromatic heterocycles. The minimum absolute atomic E-state index is 0.0273. The Hall–Kier alpha value is -1.94. The topological polar surface area (TPSA) is 55.4 Å². The number of hydrogen-bond acceptors (Lipinski definition) is 3. The molecule has 1 atom stereocenters. The first-order valence-corrected chi connectivity index (χ1v) is 6.00. The average Bonchev–Trinajstić information content (AvgIpc) is 3.00. The monoisotopic (exact) mass is 243 g/mol. The predicted molar refractivity (Wildman–Crippen MR) is 65.8 cm³/mol. The third-order valence-electron chi connectivity index (χ3n) is 3.33. The fraction of sp³-hybridized carbons (Fsp3) is 0.286. The maximum atomic E-state index is 12.0. The standard InChI is InChI=1S/C14H13NO3/c16-13(9-5-6-18-8-9)7-12-10-3-1-2-4-11(10)14(17)15-12/h1-4,7,9H,5-6,8H2,(H,15,17)/b12-7-. The van der Waals surface area contributed by atoms with E-state index < -0.39 is 0 Å². The molecule has 1 unspecified atom stereocenters. The van der Waals surface area contributed by atoms with Crippen LogP contribution in [-0.4, -0.2) is 24.9 Å². The summed E-state index contributed by atoms with van der Waals surface area (Å²) in [5, 5.41) is 2.73. The van der Waals surface area contributed by atoms with Gasteiger partial charge in [0.1, 0.15) is 0 Å². The first-order chi connectivity index (χ1) is 8.75. The van der Waals surface area contributed by atoms with Crippen LogP contribution < -0.4 is 5.32 Å². The van der Waals surface area contributed by atoms with Crippen LogP contribution >= 0.6 is 0 Å². The number of carbonyl (C=O) groups is 2. The minimum Gasteiger partial charge on any atom is -0.381 e. The van der Waals surface area contributed by atoms with E-state index in [2.05, 4.69) is 5.32 Å². The van der Waals surface area contributed by atoms with Gasteiger partial charge in [-0.25, -0.2) is 0 Å². The number of ketones is 1. The Morgan fingerprint density at radius 3 is 2.83 bits per heavy atom. The van der Waals surface area contributed by atoms with E-state index in [-0.39, 0.29) is 17.6 Å². The lowest BCUT2D eigenvalue weighted by Crippen LogP contribution is -2.16. The molecule has 0 spiro atoms. The summed E-state index contributed by atoms with van der Waals surface area (Å²) in [6, 6.07) is 7.27. The zero-order valence-electron chi connectivity index (χ0n) is 9.81. The molecule has 3 rings (SSSR count). The first-order valence-electron chi connectivity index (χ1n) is 6.00. The first kappa shape index (κ1) is 11.2. The Labute approximate surface area is 105 Å². The highest BCUT2D eigenvalue weighted by Crippen LogP contribution is 2.25. The maximum Gasteiger partial charge on any atom is 0.256 e. The molecule has 0 aliphatic carbocycles. The number of benzene rings is 1. The smallest absolute Gasteiger partial charge is 0.256 e. The fourth-order valence-corrected chi connectivity index (χ4v) is 2.31. The third-order valence-corrected chi connectivity index (χ3v) is 3.33. The highest BCUT2D eigenvalue weighted by Gasteiger charge is 2.26. The maximum absolute atomic E-state index is 12.0. The van der Waals surface area contributed by atoms with Gasteiger partial charge in [-0.2, -0.15) is 0 Å². The molecule has 4 heteroatoms. The number of carbonyl (C=O) groups excluding carboxylic acids is 2. The molecule has 0 saturated carbocycles. The third kappa shape index (κ3) is 1.84. The molecule has 1 fully saturated rings. The molecule has 0 bridgehead atoms. The van der Waals surface area contributed by atoms with Crippen molar-refractivity contribution in [1.82, 2.24) is 5.32 Å². The molecule has 4 nitrogen and oxygen atoms in total. The van der Waals surface area contributed by atoms with E-state index in [9.17, 15) is 9.59 Å². The summed E-state index contributed by atoms with van der Waals surface area (Å²) in [7, 11) is 0. The van der Waals surface area contributed by atoms with E-state index in [1.54, 1.807) is 6.07 Å². The van der Waals surface area contributed by atoms with E-state index in [0.717, 1.165) is 12.0 Å². The van der Waals surface area contributed by atoms with Gasteiger partial charge in [-0.3, -0.25) is 9.59 Å². The van der Waals surface area contributed by atoms with Gasteiger partial charge in [-0.15, -0.1) is 0 Å². The van der Waals surface area contributed by atoms with Gasteiger partial charge < -0.3 is 10.1 Å². The Bertz CT molecular complexity index is 542. The van der Waals surface area contributed by atoms with Gasteiger partial charge in [0.25, 0.3) is 5.91 Å². The van der Waals surface area contributed by atoms with E-state index in [4.69, 9.17) is 4.74 Å². The van der Waals surface area contributed by atoms with Crippen molar-refractivity contribution in [1.29, 1.82) is 0 Å². The lowest BCUT2D eigenvalue weighted by molar-refractivity contribution is -0.118. The predicted octanol–water partition coefficient (Wildman–Crippen LogP) is 1.38. The van der Waals surface area contributed by atoms with E-state index in [1.165, 1.54) is 6.08 Å². The van der Waals surface area contributed by atoms with Crippen molar-refractivity contribution in [2.45, 2.75) is 6.42 Å². The number of nitrogens with one attached hydrogen (secondary N) is 1. The van der Waals surface area contributed by atoms with Crippen molar-refractivity contribution >= 4 is 17.4 Å². The van der Waals surface area contributed by atoms with Crippen LogP contribution in [-0.2, 0) is 9.53 Å². The summed E-state index contributed by atoms with van der Waals surface area (Å²) < 4.78 is 5.20. The second kappa shape index (κ2) is 4.38. The Morgan fingerprint density at radius 2 is 2.11 bits per heavy atom. The van der Waals surface area contributed by atoms with Crippen LogP contribution in [0.4, 0.5) is 0 Å². The second-order valence-corrected chi connectivity index (χ2v) is 4.52. The highest BCUT2D eigenvalue weighted by atomic mass is 16.5. The van der Waals surface area contributed by atoms with Crippen LogP contribution in [0.15, 0.2) is 30.3 Å². The van der Waals surface area contributed by atoms with Crippen LogP contribution in [0, 0.1) is 5.92 Å². The summed E-state index contributed by atoms with van der Waals surface area (Å²) in [5.41, 5.74) is 2.03. The molecule has 1 aromatic rings.